The first-order valence-corrected chi connectivity index (χ1v) is 12.4. The van der Waals surface area contributed by atoms with E-state index in [9.17, 15) is 19.2 Å². The molecule has 0 radical (unpaired) electrons. The summed E-state index contributed by atoms with van der Waals surface area (Å²) < 4.78 is 11.5. The van der Waals surface area contributed by atoms with E-state index >= 15 is 0 Å². The van der Waals surface area contributed by atoms with Crippen LogP contribution in [0.15, 0.2) is 70.7 Å². The summed E-state index contributed by atoms with van der Waals surface area (Å²) in [6, 6.07) is 15.6. The number of imide groups is 2. The number of ether oxygens (including phenoxy) is 2. The van der Waals surface area contributed by atoms with E-state index in [0.717, 1.165) is 10.5 Å². The van der Waals surface area contributed by atoms with E-state index in [4.69, 9.17) is 21.1 Å². The SMILES string of the molecule is COc1cc(/C=C2\C(=O)NC(=O)N(c3ccc(Cl)cc3)C2=O)cc(Br)c1OCC(=O)Nc1ccc(C)cc1. The number of aryl methyl sites for hydroxylation is 1. The van der Waals surface area contributed by atoms with Gasteiger partial charge in [-0.05, 0) is 83.0 Å². The van der Waals surface area contributed by atoms with Gasteiger partial charge in [0, 0.05) is 10.7 Å². The molecule has 1 heterocycles. The third kappa shape index (κ3) is 6.04. The molecule has 0 aromatic heterocycles. The van der Waals surface area contributed by atoms with Gasteiger partial charge >= 0.3 is 6.03 Å². The number of barbiturate groups is 1. The lowest BCUT2D eigenvalue weighted by atomic mass is 10.1. The number of hydrogen-bond acceptors (Lipinski definition) is 6. The summed E-state index contributed by atoms with van der Waals surface area (Å²) in [5.74, 6) is -1.50. The molecule has 1 aliphatic rings. The molecule has 3 aromatic carbocycles. The first kappa shape index (κ1) is 26.9. The van der Waals surface area contributed by atoms with Crippen molar-refractivity contribution in [3.8, 4) is 11.5 Å². The molecule has 4 rings (SSSR count). The van der Waals surface area contributed by atoms with Crippen LogP contribution in [0, 0.1) is 6.92 Å². The fourth-order valence-electron chi connectivity index (χ4n) is 3.58. The molecule has 38 heavy (non-hydrogen) atoms. The van der Waals surface area contributed by atoms with Crippen molar-refractivity contribution >= 4 is 68.7 Å². The average Bonchev–Trinajstić information content (AvgIpc) is 2.88. The van der Waals surface area contributed by atoms with Crippen LogP contribution in [0.1, 0.15) is 11.1 Å². The predicted octanol–water partition coefficient (Wildman–Crippen LogP) is 5.10. The van der Waals surface area contributed by atoms with E-state index in [2.05, 4.69) is 26.6 Å². The van der Waals surface area contributed by atoms with Crippen LogP contribution in [0.5, 0.6) is 11.5 Å². The van der Waals surface area contributed by atoms with Crippen LogP contribution in [0.25, 0.3) is 6.08 Å². The molecule has 0 spiro atoms. The number of carbonyl (C=O) groups excluding carboxylic acids is 4. The van der Waals surface area contributed by atoms with Crippen molar-refractivity contribution in [1.29, 1.82) is 0 Å². The molecule has 5 amide bonds. The Bertz CT molecular complexity index is 1450. The van der Waals surface area contributed by atoms with Crippen LogP contribution in [-0.4, -0.2) is 37.5 Å². The Kier molecular flexibility index (Phi) is 8.13. The normalized spacial score (nSPS) is 14.4. The van der Waals surface area contributed by atoms with Gasteiger partial charge in [-0.3, -0.25) is 19.7 Å². The number of benzene rings is 3. The molecule has 0 unspecified atom stereocenters. The second-order valence-corrected chi connectivity index (χ2v) is 9.46. The molecule has 0 atom stereocenters. The summed E-state index contributed by atoms with van der Waals surface area (Å²) >= 11 is 9.30. The smallest absolute Gasteiger partial charge is 0.335 e. The van der Waals surface area contributed by atoms with Gasteiger partial charge in [-0.1, -0.05) is 29.3 Å². The maximum absolute atomic E-state index is 13.1. The number of nitrogens with one attached hydrogen (secondary N) is 2. The van der Waals surface area contributed by atoms with Crippen LogP contribution in [0.2, 0.25) is 5.02 Å². The molecule has 0 aliphatic carbocycles. The first-order valence-electron chi connectivity index (χ1n) is 11.2. The molecule has 1 saturated heterocycles. The first-order chi connectivity index (χ1) is 18.2. The highest BCUT2D eigenvalue weighted by Gasteiger charge is 2.36. The van der Waals surface area contributed by atoms with Crippen molar-refractivity contribution in [3.63, 3.8) is 0 Å². The molecule has 1 fully saturated rings. The lowest BCUT2D eigenvalue weighted by molar-refractivity contribution is -0.122. The van der Waals surface area contributed by atoms with Gasteiger partial charge < -0.3 is 14.8 Å². The number of carbonyl (C=O) groups is 4. The van der Waals surface area contributed by atoms with Gasteiger partial charge in [0.05, 0.1) is 17.3 Å². The molecule has 0 saturated carbocycles. The summed E-state index contributed by atoms with van der Waals surface area (Å²) in [5, 5.41) is 5.34. The Balaban J connectivity index is 1.55. The highest BCUT2D eigenvalue weighted by Crippen LogP contribution is 2.37. The zero-order valence-electron chi connectivity index (χ0n) is 20.2. The molecular formula is C27H21BrClN3O6. The zero-order valence-corrected chi connectivity index (χ0v) is 22.6. The maximum atomic E-state index is 13.1. The fourth-order valence-corrected chi connectivity index (χ4v) is 4.28. The number of halogens is 2. The summed E-state index contributed by atoms with van der Waals surface area (Å²) in [7, 11) is 1.41. The topological polar surface area (TPSA) is 114 Å². The predicted molar refractivity (Wildman–Crippen MR) is 146 cm³/mol. The monoisotopic (exact) mass is 597 g/mol. The van der Waals surface area contributed by atoms with Crippen molar-refractivity contribution in [2.24, 2.45) is 0 Å². The van der Waals surface area contributed by atoms with Gasteiger partial charge in [0.15, 0.2) is 18.1 Å². The van der Waals surface area contributed by atoms with Gasteiger partial charge in [0.25, 0.3) is 17.7 Å². The Labute approximate surface area is 231 Å². The summed E-state index contributed by atoms with van der Waals surface area (Å²) in [5.41, 5.74) is 2.11. The van der Waals surface area contributed by atoms with Crippen molar-refractivity contribution < 1.29 is 28.7 Å². The van der Waals surface area contributed by atoms with Crippen molar-refractivity contribution in [1.82, 2.24) is 5.32 Å². The van der Waals surface area contributed by atoms with Crippen LogP contribution >= 0.6 is 27.5 Å². The third-order valence-electron chi connectivity index (χ3n) is 5.43. The van der Waals surface area contributed by atoms with E-state index in [1.807, 2.05) is 19.1 Å². The fraction of sp³-hybridized carbons (Fsp3) is 0.111. The Morgan fingerprint density at radius 2 is 1.76 bits per heavy atom. The second kappa shape index (κ2) is 11.5. The quantitative estimate of drug-likeness (QED) is 0.289. The molecule has 194 valence electrons. The summed E-state index contributed by atoms with van der Waals surface area (Å²) in [6.45, 7) is 1.66. The van der Waals surface area contributed by atoms with Crippen LogP contribution in [-0.2, 0) is 14.4 Å². The van der Waals surface area contributed by atoms with E-state index in [0.29, 0.717) is 20.7 Å². The molecule has 2 N–H and O–H groups in total. The van der Waals surface area contributed by atoms with Gasteiger partial charge in [-0.15, -0.1) is 0 Å². The van der Waals surface area contributed by atoms with Gasteiger partial charge in [0.2, 0.25) is 0 Å². The van der Waals surface area contributed by atoms with Crippen LogP contribution in [0.4, 0.5) is 16.2 Å². The minimum absolute atomic E-state index is 0.252. The van der Waals surface area contributed by atoms with E-state index < -0.39 is 17.8 Å². The zero-order chi connectivity index (χ0) is 27.4. The number of methoxy groups -OCH3 is 1. The lowest BCUT2D eigenvalue weighted by Gasteiger charge is -2.26. The van der Waals surface area contributed by atoms with Gasteiger partial charge in [0.1, 0.15) is 5.57 Å². The third-order valence-corrected chi connectivity index (χ3v) is 6.27. The highest BCUT2D eigenvalue weighted by molar-refractivity contribution is 9.10. The number of rotatable bonds is 7. The van der Waals surface area contributed by atoms with Crippen molar-refractivity contribution in [2.75, 3.05) is 23.9 Å². The van der Waals surface area contributed by atoms with Crippen molar-refractivity contribution in [2.45, 2.75) is 6.92 Å². The molecular weight excluding hydrogens is 578 g/mol. The second-order valence-electron chi connectivity index (χ2n) is 8.17. The Morgan fingerprint density at radius 3 is 2.42 bits per heavy atom. The van der Waals surface area contributed by atoms with Crippen LogP contribution in [0.3, 0.4) is 0 Å². The average molecular weight is 599 g/mol. The number of amides is 5. The summed E-state index contributed by atoms with van der Waals surface area (Å²) in [4.78, 5) is 51.2. The molecule has 3 aromatic rings. The standard InChI is InChI=1S/C27H21BrClN3O6/c1-15-3-7-18(8-4-15)30-23(33)14-38-24-21(28)12-16(13-22(24)37-2)11-20-25(34)31-27(36)32(26(20)35)19-9-5-17(29)6-10-19/h3-13H,14H2,1-2H3,(H,30,33)(H,31,34,36)/b20-11+. The lowest BCUT2D eigenvalue weighted by Crippen LogP contribution is -2.54. The van der Waals surface area contributed by atoms with Gasteiger partial charge in [-0.2, -0.15) is 0 Å². The van der Waals surface area contributed by atoms with Gasteiger partial charge in [-0.25, -0.2) is 9.69 Å². The van der Waals surface area contributed by atoms with E-state index in [1.54, 1.807) is 18.2 Å². The highest BCUT2D eigenvalue weighted by atomic mass is 79.9. The molecule has 1 aliphatic heterocycles. The van der Waals surface area contributed by atoms with E-state index in [1.165, 1.54) is 43.5 Å². The minimum Gasteiger partial charge on any atom is -0.493 e. The molecule has 9 nitrogen and oxygen atoms in total. The minimum atomic E-state index is -0.870. The van der Waals surface area contributed by atoms with E-state index in [-0.39, 0.29) is 35.3 Å². The van der Waals surface area contributed by atoms with Crippen LogP contribution < -0.4 is 25.0 Å². The Morgan fingerprint density at radius 1 is 1.08 bits per heavy atom. The largest absolute Gasteiger partial charge is 0.493 e. The molecule has 0 bridgehead atoms. The number of anilines is 2. The number of hydrogen-bond donors (Lipinski definition) is 2. The number of nitrogens with zero attached hydrogens (tertiary/aromatic N) is 1. The summed E-state index contributed by atoms with van der Waals surface area (Å²) in [6.07, 6.45) is 1.33. The number of urea groups is 1. The molecule has 11 heteroatoms. The maximum Gasteiger partial charge on any atom is 0.335 e. The Hall–Kier alpha value is -4.15. The van der Waals surface area contributed by atoms with Crippen molar-refractivity contribution in [3.05, 3.63) is 86.9 Å².